The van der Waals surface area contributed by atoms with E-state index in [4.69, 9.17) is 9.15 Å². The minimum absolute atomic E-state index is 0.241. The Balaban J connectivity index is 2.21. The molecule has 0 spiro atoms. The first-order chi connectivity index (χ1) is 6.78. The fourth-order valence-electron chi connectivity index (χ4n) is 1.06. The number of hydrogen-bond donors (Lipinski definition) is 0. The minimum Gasteiger partial charge on any atom is -0.454 e. The van der Waals surface area contributed by atoms with E-state index in [-0.39, 0.29) is 5.76 Å². The molecule has 0 amide bonds. The lowest BCUT2D eigenvalue weighted by Gasteiger charge is -1.92. The van der Waals surface area contributed by atoms with Gasteiger partial charge < -0.3 is 9.15 Å². The Morgan fingerprint density at radius 2 is 1.93 bits per heavy atom. The number of furan rings is 1. The highest BCUT2D eigenvalue weighted by Gasteiger charge is 2.09. The molecule has 0 N–H and O–H groups in total. The van der Waals surface area contributed by atoms with Crippen LogP contribution in [0.2, 0.25) is 0 Å². The number of ether oxygens (including phenoxy) is 1. The maximum Gasteiger partial charge on any atom is 0.336 e. The number of hydrogen-bond acceptors (Lipinski definition) is 4. The van der Waals surface area contributed by atoms with Crippen molar-refractivity contribution >= 4 is 18.3 Å². The number of esters is 1. The van der Waals surface area contributed by atoms with Gasteiger partial charge in [0.15, 0.2) is 12.0 Å². The van der Waals surface area contributed by atoms with Crippen molar-refractivity contribution in [2.24, 2.45) is 0 Å². The molecule has 0 bridgehead atoms. The topological polar surface area (TPSA) is 56.5 Å². The largest absolute Gasteiger partial charge is 0.454 e. The second kappa shape index (κ2) is 3.33. The quantitative estimate of drug-likeness (QED) is 0.524. The summed E-state index contributed by atoms with van der Waals surface area (Å²) >= 11 is 0. The van der Waals surface area contributed by atoms with E-state index in [1.165, 1.54) is 18.2 Å². The smallest absolute Gasteiger partial charge is 0.336 e. The zero-order valence-corrected chi connectivity index (χ0v) is 7.10. The van der Waals surface area contributed by atoms with Gasteiger partial charge in [-0.3, -0.25) is 4.79 Å². The molecular weight excluding hydrogens is 184 g/mol. The van der Waals surface area contributed by atoms with Crippen LogP contribution >= 0.6 is 0 Å². The molecular formula is C10H6O4. The molecule has 0 saturated carbocycles. The first kappa shape index (κ1) is 8.50. The molecule has 1 aliphatic heterocycles. The van der Waals surface area contributed by atoms with E-state index in [2.05, 4.69) is 0 Å². The Bertz CT molecular complexity index is 437. The predicted molar refractivity (Wildman–Crippen MR) is 47.3 cm³/mol. The Hall–Kier alpha value is -2.10. The monoisotopic (exact) mass is 190 g/mol. The third-order valence-corrected chi connectivity index (χ3v) is 1.65. The van der Waals surface area contributed by atoms with Gasteiger partial charge in [-0.05, 0) is 18.2 Å². The van der Waals surface area contributed by atoms with Crippen molar-refractivity contribution in [3.8, 4) is 0 Å². The van der Waals surface area contributed by atoms with E-state index in [0.717, 1.165) is 0 Å². The third kappa shape index (κ3) is 1.64. The van der Waals surface area contributed by atoms with Gasteiger partial charge in [-0.2, -0.15) is 0 Å². The highest BCUT2D eigenvalue weighted by Crippen LogP contribution is 2.15. The van der Waals surface area contributed by atoms with Crippen LogP contribution < -0.4 is 0 Å². The number of carbonyl (C=O) groups excluding carboxylic acids is 2. The van der Waals surface area contributed by atoms with Crippen molar-refractivity contribution in [1.29, 1.82) is 0 Å². The van der Waals surface area contributed by atoms with Crippen LogP contribution in [0, 0.1) is 0 Å². The zero-order chi connectivity index (χ0) is 9.97. The molecule has 0 radical (unpaired) electrons. The summed E-state index contributed by atoms with van der Waals surface area (Å²) < 4.78 is 9.83. The van der Waals surface area contributed by atoms with Crippen LogP contribution in [0.4, 0.5) is 0 Å². The number of rotatable bonds is 2. The Morgan fingerprint density at radius 1 is 1.14 bits per heavy atom. The van der Waals surface area contributed by atoms with Gasteiger partial charge in [0.25, 0.3) is 0 Å². The third-order valence-electron chi connectivity index (χ3n) is 1.65. The van der Waals surface area contributed by atoms with E-state index >= 15 is 0 Å². The van der Waals surface area contributed by atoms with Gasteiger partial charge in [0.2, 0.25) is 0 Å². The maximum absolute atomic E-state index is 10.7. The van der Waals surface area contributed by atoms with Crippen molar-refractivity contribution in [2.75, 3.05) is 0 Å². The normalized spacial score (nSPS) is 17.4. The molecule has 1 aliphatic rings. The van der Waals surface area contributed by atoms with Crippen molar-refractivity contribution < 1.29 is 18.7 Å². The summed E-state index contributed by atoms with van der Waals surface area (Å²) in [4.78, 5) is 21.0. The van der Waals surface area contributed by atoms with Gasteiger partial charge in [0, 0.05) is 12.2 Å². The Kier molecular flexibility index (Phi) is 2.02. The van der Waals surface area contributed by atoms with Crippen LogP contribution in [0.15, 0.2) is 34.5 Å². The Labute approximate surface area is 79.5 Å². The molecule has 4 heteroatoms. The summed E-state index contributed by atoms with van der Waals surface area (Å²) in [6.07, 6.45) is 4.99. The molecule has 0 aliphatic carbocycles. The average molecular weight is 190 g/mol. The van der Waals surface area contributed by atoms with E-state index in [9.17, 15) is 9.59 Å². The van der Waals surface area contributed by atoms with Crippen LogP contribution in [0.5, 0.6) is 0 Å². The molecule has 0 unspecified atom stereocenters. The lowest BCUT2D eigenvalue weighted by molar-refractivity contribution is -0.132. The first-order valence-electron chi connectivity index (χ1n) is 3.94. The summed E-state index contributed by atoms with van der Waals surface area (Å²) in [5.74, 6) is 0.715. The second-order valence-corrected chi connectivity index (χ2v) is 2.66. The maximum atomic E-state index is 10.7. The number of cyclic esters (lactones) is 1. The molecule has 0 fully saturated rings. The number of carbonyl (C=O) groups is 2. The molecule has 2 heterocycles. The SMILES string of the molecule is O=Cc1ccc(/C=C2/C=CC(=O)O2)o1. The van der Waals surface area contributed by atoms with Gasteiger partial charge in [0.1, 0.15) is 11.5 Å². The standard InChI is InChI=1S/C10H6O4/c11-6-9-2-1-7(13-9)5-8-3-4-10(12)14-8/h1-6H/b8-5-. The predicted octanol–water partition coefficient (Wildman–Crippen LogP) is 1.55. The average Bonchev–Trinajstić information content (AvgIpc) is 2.76. The summed E-state index contributed by atoms with van der Waals surface area (Å²) in [5, 5.41) is 0. The first-order valence-corrected chi connectivity index (χ1v) is 3.94. The zero-order valence-electron chi connectivity index (χ0n) is 7.10. The molecule has 14 heavy (non-hydrogen) atoms. The highest BCUT2D eigenvalue weighted by atomic mass is 16.5. The van der Waals surface area contributed by atoms with Crippen LogP contribution in [0.1, 0.15) is 16.3 Å². The van der Waals surface area contributed by atoms with Crippen molar-refractivity contribution in [3.63, 3.8) is 0 Å². The van der Waals surface area contributed by atoms with Gasteiger partial charge >= 0.3 is 5.97 Å². The summed E-state index contributed by atoms with van der Waals surface area (Å²) in [6.45, 7) is 0. The fraction of sp³-hybridized carbons (Fsp3) is 0. The Morgan fingerprint density at radius 3 is 2.50 bits per heavy atom. The van der Waals surface area contributed by atoms with E-state index in [1.54, 1.807) is 12.1 Å². The van der Waals surface area contributed by atoms with Gasteiger partial charge in [-0.1, -0.05) is 0 Å². The van der Waals surface area contributed by atoms with Crippen LogP contribution in [0.25, 0.3) is 6.08 Å². The van der Waals surface area contributed by atoms with Crippen molar-refractivity contribution in [1.82, 2.24) is 0 Å². The molecule has 0 aromatic carbocycles. The van der Waals surface area contributed by atoms with E-state index in [0.29, 0.717) is 17.8 Å². The van der Waals surface area contributed by atoms with Gasteiger partial charge in [0.05, 0.1) is 0 Å². The highest BCUT2D eigenvalue weighted by molar-refractivity contribution is 5.87. The molecule has 1 aromatic heterocycles. The molecule has 0 saturated heterocycles. The fourth-order valence-corrected chi connectivity index (χ4v) is 1.06. The second-order valence-electron chi connectivity index (χ2n) is 2.66. The minimum atomic E-state index is -0.404. The molecule has 4 nitrogen and oxygen atoms in total. The number of aldehydes is 1. The molecule has 0 atom stereocenters. The van der Waals surface area contributed by atoms with Crippen LogP contribution in [-0.2, 0) is 9.53 Å². The lowest BCUT2D eigenvalue weighted by atomic mass is 10.3. The molecule has 1 aromatic rings. The van der Waals surface area contributed by atoms with E-state index in [1.807, 2.05) is 0 Å². The lowest BCUT2D eigenvalue weighted by Crippen LogP contribution is -1.89. The summed E-state index contributed by atoms with van der Waals surface area (Å²) in [6, 6.07) is 3.16. The summed E-state index contributed by atoms with van der Waals surface area (Å²) in [5.41, 5.74) is 0. The summed E-state index contributed by atoms with van der Waals surface area (Å²) in [7, 11) is 0. The van der Waals surface area contributed by atoms with Crippen LogP contribution in [0.3, 0.4) is 0 Å². The van der Waals surface area contributed by atoms with Gasteiger partial charge in [-0.15, -0.1) is 0 Å². The van der Waals surface area contributed by atoms with Crippen molar-refractivity contribution in [2.45, 2.75) is 0 Å². The molecule has 2 rings (SSSR count). The van der Waals surface area contributed by atoms with Crippen molar-refractivity contribution in [3.05, 3.63) is 41.6 Å². The molecule has 70 valence electrons. The van der Waals surface area contributed by atoms with E-state index < -0.39 is 5.97 Å². The number of allylic oxidation sites excluding steroid dienone is 1. The van der Waals surface area contributed by atoms with Crippen LogP contribution in [-0.4, -0.2) is 12.3 Å². The van der Waals surface area contributed by atoms with Gasteiger partial charge in [-0.25, -0.2) is 4.79 Å².